The van der Waals surface area contributed by atoms with Crippen LogP contribution in [0.4, 0.5) is 0 Å². The van der Waals surface area contributed by atoms with Crippen LogP contribution in [0.1, 0.15) is 0 Å². The average Bonchev–Trinajstić information content (AvgIpc) is 2.80. The van der Waals surface area contributed by atoms with Crippen LogP contribution in [0.25, 0.3) is 0 Å². The summed E-state index contributed by atoms with van der Waals surface area (Å²) in [5, 5.41) is 6.89. The first-order valence-electron chi connectivity index (χ1n) is 3.92. The third-order valence-corrected chi connectivity index (χ3v) is 1.06. The van der Waals surface area contributed by atoms with Crippen molar-refractivity contribution < 1.29 is 30.0 Å². The largest absolute Gasteiger partial charge is 0.483 e. The van der Waals surface area contributed by atoms with E-state index in [-0.39, 0.29) is 26.6 Å². The summed E-state index contributed by atoms with van der Waals surface area (Å²) in [5.74, 6) is 0. The van der Waals surface area contributed by atoms with Gasteiger partial charge in [0.05, 0.1) is 0 Å². The van der Waals surface area contributed by atoms with Crippen molar-refractivity contribution in [2.75, 3.05) is 0 Å². The van der Waals surface area contributed by atoms with Crippen LogP contribution in [-0.4, -0.2) is 21.5 Å². The van der Waals surface area contributed by atoms with Crippen molar-refractivity contribution in [3.63, 3.8) is 0 Å². The third-order valence-electron chi connectivity index (χ3n) is 1.06. The zero-order valence-electron chi connectivity index (χ0n) is 7.91. The first kappa shape index (κ1) is 16.0. The molecule has 83 valence electrons. The normalized spacial score (nSPS) is 6.67. The van der Waals surface area contributed by atoms with Gasteiger partial charge < -0.3 is 10.1 Å². The minimum atomic E-state index is -0.250. The molecule has 2 aromatic rings. The smallest absolute Gasteiger partial charge is 0.290 e. The van der Waals surface area contributed by atoms with E-state index in [0.29, 0.717) is 0 Å². The number of nitrogens with one attached hydrogen (secondary N) is 1. The van der Waals surface area contributed by atoms with Crippen molar-refractivity contribution >= 4 is 6.47 Å². The van der Waals surface area contributed by atoms with Gasteiger partial charge in [-0.1, -0.05) is 6.07 Å². The molecule has 0 saturated carbocycles. The van der Waals surface area contributed by atoms with E-state index in [1.165, 1.54) is 0 Å². The molecule has 2 heterocycles. The number of aromatic nitrogens is 2. The van der Waals surface area contributed by atoms with Crippen molar-refractivity contribution in [3.05, 3.63) is 55.1 Å². The van der Waals surface area contributed by atoms with Crippen LogP contribution >= 0.6 is 0 Å². The Labute approximate surface area is 102 Å². The van der Waals surface area contributed by atoms with Gasteiger partial charge in [0.15, 0.2) is 0 Å². The standard InChI is InChI=1S/C5H5N.C4H5N.CH2O2.Ir/c1-2-4-6-5-3-1;1-2-4-5-3-1;2-1-3;/h1-5H;1-5H;1H,(H,2,3);. The molecule has 0 amide bonds. The number of rotatable bonds is 0. The molecule has 5 heteroatoms. The molecule has 1 radical (unpaired) electrons. The number of hydrogen-bond acceptors (Lipinski definition) is 2. The fourth-order valence-electron chi connectivity index (χ4n) is 0.590. The van der Waals surface area contributed by atoms with Crippen LogP contribution in [0.5, 0.6) is 0 Å². The first-order chi connectivity index (χ1) is 6.91. The van der Waals surface area contributed by atoms with E-state index in [1.807, 2.05) is 42.7 Å². The second-order valence-corrected chi connectivity index (χ2v) is 2.01. The summed E-state index contributed by atoms with van der Waals surface area (Å²) in [6.45, 7) is -0.250. The third kappa shape index (κ3) is 15.3. The van der Waals surface area contributed by atoms with E-state index in [9.17, 15) is 0 Å². The first-order valence-corrected chi connectivity index (χ1v) is 3.92. The predicted molar refractivity (Wildman–Crippen MR) is 53.7 cm³/mol. The Morgan fingerprint density at radius 3 is 1.60 bits per heavy atom. The van der Waals surface area contributed by atoms with Gasteiger partial charge in [0.1, 0.15) is 0 Å². The van der Waals surface area contributed by atoms with Gasteiger partial charge in [-0.3, -0.25) is 9.78 Å². The molecule has 2 rings (SSSR count). The molecule has 0 bridgehead atoms. The van der Waals surface area contributed by atoms with Gasteiger partial charge >= 0.3 is 0 Å². The summed E-state index contributed by atoms with van der Waals surface area (Å²) in [7, 11) is 0. The van der Waals surface area contributed by atoms with Crippen LogP contribution in [-0.2, 0) is 24.9 Å². The van der Waals surface area contributed by atoms with E-state index in [0.717, 1.165) is 0 Å². The molecule has 2 N–H and O–H groups in total. The van der Waals surface area contributed by atoms with Crippen molar-refractivity contribution in [1.82, 2.24) is 9.97 Å². The fraction of sp³-hybridized carbons (Fsp3) is 0. The number of nitrogens with zero attached hydrogens (tertiary/aromatic N) is 1. The Kier molecular flexibility index (Phi) is 16.0. The molecule has 0 aliphatic heterocycles. The minimum Gasteiger partial charge on any atom is -0.483 e. The van der Waals surface area contributed by atoms with Gasteiger partial charge in [-0.05, 0) is 24.3 Å². The molecule has 0 aliphatic rings. The molecule has 0 aliphatic carbocycles. The van der Waals surface area contributed by atoms with E-state index < -0.39 is 0 Å². The minimum absolute atomic E-state index is 0. The Morgan fingerprint density at radius 2 is 1.47 bits per heavy atom. The maximum atomic E-state index is 8.36. The topological polar surface area (TPSA) is 66.0 Å². The summed E-state index contributed by atoms with van der Waals surface area (Å²) in [5.41, 5.74) is 0. The maximum absolute atomic E-state index is 8.36. The SMILES string of the molecule is O=CO.[Ir].c1cc[nH]c1.c1ccncc1. The number of H-pyrrole nitrogens is 1. The van der Waals surface area contributed by atoms with Crippen LogP contribution in [0.3, 0.4) is 0 Å². The Balaban J connectivity index is 0. The van der Waals surface area contributed by atoms with Crippen LogP contribution in [0, 0.1) is 0 Å². The van der Waals surface area contributed by atoms with Gasteiger partial charge in [-0.15, -0.1) is 0 Å². The summed E-state index contributed by atoms with van der Waals surface area (Å²) in [6.07, 6.45) is 7.25. The molecule has 0 saturated heterocycles. The molecule has 0 fully saturated rings. The molecule has 0 unspecified atom stereocenters. The quantitative estimate of drug-likeness (QED) is 0.681. The summed E-state index contributed by atoms with van der Waals surface area (Å²) in [4.78, 5) is 15.0. The van der Waals surface area contributed by atoms with Crippen molar-refractivity contribution in [2.45, 2.75) is 0 Å². The molecule has 0 aromatic carbocycles. The number of carbonyl (C=O) groups is 1. The van der Waals surface area contributed by atoms with Crippen molar-refractivity contribution in [1.29, 1.82) is 0 Å². The van der Waals surface area contributed by atoms with Gasteiger partial charge in [0.25, 0.3) is 6.47 Å². The number of pyridine rings is 1. The Bertz CT molecular complexity index is 243. The average molecular weight is 384 g/mol. The van der Waals surface area contributed by atoms with Gasteiger partial charge in [-0.25, -0.2) is 0 Å². The molecule has 0 atom stereocenters. The van der Waals surface area contributed by atoms with Crippen molar-refractivity contribution in [2.24, 2.45) is 0 Å². The monoisotopic (exact) mass is 385 g/mol. The second kappa shape index (κ2) is 15.0. The molecule has 15 heavy (non-hydrogen) atoms. The molecular formula is C10H12IrN2O2. The Morgan fingerprint density at radius 1 is 1.00 bits per heavy atom. The van der Waals surface area contributed by atoms with Gasteiger partial charge in [0, 0.05) is 44.9 Å². The van der Waals surface area contributed by atoms with Crippen LogP contribution in [0.15, 0.2) is 55.1 Å². The van der Waals surface area contributed by atoms with E-state index >= 15 is 0 Å². The van der Waals surface area contributed by atoms with Gasteiger partial charge in [0.2, 0.25) is 0 Å². The molecule has 2 aromatic heterocycles. The molecule has 0 spiro atoms. The number of aromatic amines is 1. The Hall–Kier alpha value is -1.45. The van der Waals surface area contributed by atoms with E-state index in [1.54, 1.807) is 12.4 Å². The molecule has 4 nitrogen and oxygen atoms in total. The fourth-order valence-corrected chi connectivity index (χ4v) is 0.590. The van der Waals surface area contributed by atoms with Crippen molar-refractivity contribution in [3.8, 4) is 0 Å². The molecular weight excluding hydrogens is 372 g/mol. The summed E-state index contributed by atoms with van der Waals surface area (Å²) < 4.78 is 0. The zero-order valence-corrected chi connectivity index (χ0v) is 10.3. The second-order valence-electron chi connectivity index (χ2n) is 2.01. The number of hydrogen-bond donors (Lipinski definition) is 2. The maximum Gasteiger partial charge on any atom is 0.290 e. The van der Waals surface area contributed by atoms with E-state index in [2.05, 4.69) is 9.97 Å². The summed E-state index contributed by atoms with van der Waals surface area (Å²) in [6, 6.07) is 9.60. The predicted octanol–water partition coefficient (Wildman–Crippen LogP) is 1.79. The zero-order chi connectivity index (χ0) is 10.5. The van der Waals surface area contributed by atoms with Crippen LogP contribution < -0.4 is 0 Å². The van der Waals surface area contributed by atoms with Gasteiger partial charge in [-0.2, -0.15) is 0 Å². The van der Waals surface area contributed by atoms with E-state index in [4.69, 9.17) is 9.90 Å². The number of carboxylic acid groups (broad SMARTS) is 1. The summed E-state index contributed by atoms with van der Waals surface area (Å²) >= 11 is 0. The van der Waals surface area contributed by atoms with Crippen LogP contribution in [0.2, 0.25) is 0 Å².